The summed E-state index contributed by atoms with van der Waals surface area (Å²) >= 11 is 0. The van der Waals surface area contributed by atoms with Gasteiger partial charge >= 0.3 is 12.1 Å². The standard InChI is InChI=1S/C27H20F3N5O2/c1-16(17-7-3-2-4-8-17)32-26-31-13-12-21(33-26)23-22(18-9-5-10-19(15-18)27(28,29)30)34-24-20(25(36)37)11-6-14-35(23)24/h2-16H,1H3,(H,36,37)(H,31,32,33)/t16-/m1/s1. The van der Waals surface area contributed by atoms with E-state index in [2.05, 4.69) is 20.3 Å². The number of carboxylic acid groups (broad SMARTS) is 1. The number of fused-ring (bicyclic) bond motifs is 1. The number of nitrogens with zero attached hydrogens (tertiary/aromatic N) is 4. The van der Waals surface area contributed by atoms with Gasteiger partial charge in [0.2, 0.25) is 5.95 Å². The van der Waals surface area contributed by atoms with Crippen molar-refractivity contribution in [1.82, 2.24) is 19.4 Å². The highest BCUT2D eigenvalue weighted by atomic mass is 19.4. The van der Waals surface area contributed by atoms with Crippen molar-refractivity contribution in [3.63, 3.8) is 0 Å². The Balaban J connectivity index is 1.67. The number of imidazole rings is 1. The number of anilines is 1. The highest BCUT2D eigenvalue weighted by Crippen LogP contribution is 2.36. The largest absolute Gasteiger partial charge is 0.478 e. The predicted octanol–water partition coefficient (Wildman–Crippen LogP) is 6.35. The molecule has 0 aliphatic rings. The summed E-state index contributed by atoms with van der Waals surface area (Å²) in [7, 11) is 0. The molecule has 37 heavy (non-hydrogen) atoms. The number of carbonyl (C=O) groups is 1. The molecule has 1 atom stereocenters. The molecule has 0 aliphatic heterocycles. The summed E-state index contributed by atoms with van der Waals surface area (Å²) in [6, 6.07) is 18.8. The van der Waals surface area contributed by atoms with Crippen molar-refractivity contribution in [2.75, 3.05) is 5.32 Å². The molecule has 0 spiro atoms. The van der Waals surface area contributed by atoms with Crippen LogP contribution in [0.1, 0.15) is 34.5 Å². The highest BCUT2D eigenvalue weighted by molar-refractivity contribution is 5.96. The predicted molar refractivity (Wildman–Crippen MR) is 132 cm³/mol. The van der Waals surface area contributed by atoms with Gasteiger partial charge in [-0.1, -0.05) is 42.5 Å². The van der Waals surface area contributed by atoms with Gasteiger partial charge in [0, 0.05) is 18.0 Å². The minimum Gasteiger partial charge on any atom is -0.478 e. The fourth-order valence-corrected chi connectivity index (χ4v) is 4.10. The van der Waals surface area contributed by atoms with Gasteiger partial charge in [-0.2, -0.15) is 13.2 Å². The van der Waals surface area contributed by atoms with E-state index in [0.717, 1.165) is 17.7 Å². The van der Waals surface area contributed by atoms with Gasteiger partial charge in [0.15, 0.2) is 5.65 Å². The van der Waals surface area contributed by atoms with Crippen molar-refractivity contribution < 1.29 is 23.1 Å². The molecule has 5 aromatic rings. The molecular formula is C27H20F3N5O2. The van der Waals surface area contributed by atoms with E-state index < -0.39 is 17.7 Å². The number of nitrogens with one attached hydrogen (secondary N) is 1. The van der Waals surface area contributed by atoms with Crippen molar-refractivity contribution in [3.05, 3.63) is 102 Å². The van der Waals surface area contributed by atoms with E-state index in [1.54, 1.807) is 12.3 Å². The summed E-state index contributed by atoms with van der Waals surface area (Å²) in [5, 5.41) is 12.9. The third kappa shape index (κ3) is 4.73. The lowest BCUT2D eigenvalue weighted by Crippen LogP contribution is -2.09. The van der Waals surface area contributed by atoms with Crippen LogP contribution in [0.2, 0.25) is 0 Å². The zero-order valence-corrected chi connectivity index (χ0v) is 19.4. The molecule has 3 heterocycles. The monoisotopic (exact) mass is 503 g/mol. The number of aromatic carboxylic acids is 1. The molecular weight excluding hydrogens is 483 g/mol. The molecule has 0 fully saturated rings. The van der Waals surface area contributed by atoms with Crippen molar-refractivity contribution in [1.29, 1.82) is 0 Å². The van der Waals surface area contributed by atoms with Crippen molar-refractivity contribution in [2.45, 2.75) is 19.1 Å². The van der Waals surface area contributed by atoms with Gasteiger partial charge in [-0.3, -0.25) is 4.40 Å². The lowest BCUT2D eigenvalue weighted by atomic mass is 10.0. The fourth-order valence-electron chi connectivity index (χ4n) is 4.10. The van der Waals surface area contributed by atoms with Crippen LogP contribution in [0.25, 0.3) is 28.3 Å². The maximum absolute atomic E-state index is 13.5. The molecule has 2 N–H and O–H groups in total. The molecule has 0 saturated carbocycles. The molecule has 10 heteroatoms. The number of carboxylic acids is 1. The first-order chi connectivity index (χ1) is 17.7. The smallest absolute Gasteiger partial charge is 0.416 e. The summed E-state index contributed by atoms with van der Waals surface area (Å²) in [6.07, 6.45) is -1.43. The first-order valence-electron chi connectivity index (χ1n) is 11.3. The van der Waals surface area contributed by atoms with Crippen molar-refractivity contribution in [2.24, 2.45) is 0 Å². The van der Waals surface area contributed by atoms with E-state index >= 15 is 0 Å². The van der Waals surface area contributed by atoms with Gasteiger partial charge in [-0.15, -0.1) is 0 Å². The van der Waals surface area contributed by atoms with Crippen LogP contribution in [0, 0.1) is 0 Å². The number of alkyl halides is 3. The number of benzene rings is 2. The number of aromatic nitrogens is 4. The topological polar surface area (TPSA) is 92.4 Å². The summed E-state index contributed by atoms with van der Waals surface area (Å²) in [6.45, 7) is 1.95. The Kier molecular flexibility index (Phi) is 6.08. The van der Waals surface area contributed by atoms with E-state index in [4.69, 9.17) is 0 Å². The average Bonchev–Trinajstić information content (AvgIpc) is 3.28. The van der Waals surface area contributed by atoms with Crippen LogP contribution in [-0.4, -0.2) is 30.4 Å². The zero-order chi connectivity index (χ0) is 26.2. The van der Waals surface area contributed by atoms with Crippen molar-refractivity contribution in [3.8, 4) is 22.6 Å². The van der Waals surface area contributed by atoms with Gasteiger partial charge in [0.1, 0.15) is 5.56 Å². The quantitative estimate of drug-likeness (QED) is 0.281. The van der Waals surface area contributed by atoms with Crippen LogP contribution < -0.4 is 5.32 Å². The fraction of sp³-hybridized carbons (Fsp3) is 0.111. The molecule has 0 aliphatic carbocycles. The number of hydrogen-bond acceptors (Lipinski definition) is 5. The van der Waals surface area contributed by atoms with Crippen molar-refractivity contribution >= 4 is 17.6 Å². The average molecular weight is 503 g/mol. The Morgan fingerprint density at radius 3 is 2.51 bits per heavy atom. The summed E-state index contributed by atoms with van der Waals surface area (Å²) in [5.41, 5.74) is 1.22. The SMILES string of the molecule is C[C@@H](Nc1nccc(-c2c(-c3cccc(C(F)(F)F)c3)nc3c(C(=O)O)cccn23)n1)c1ccccc1. The molecule has 3 aromatic heterocycles. The second-order valence-electron chi connectivity index (χ2n) is 8.35. The van der Waals surface area contributed by atoms with Crippen LogP contribution in [0.5, 0.6) is 0 Å². The van der Waals surface area contributed by atoms with Crippen LogP contribution >= 0.6 is 0 Å². The van der Waals surface area contributed by atoms with Gasteiger partial charge < -0.3 is 10.4 Å². The Bertz CT molecular complexity index is 1600. The number of rotatable bonds is 6. The van der Waals surface area contributed by atoms with Gasteiger partial charge in [-0.25, -0.2) is 19.7 Å². The minimum absolute atomic E-state index is 0.0863. The molecule has 0 saturated heterocycles. The molecule has 0 radical (unpaired) electrons. The van der Waals surface area contributed by atoms with Crippen LogP contribution in [0.3, 0.4) is 0 Å². The summed E-state index contributed by atoms with van der Waals surface area (Å²) < 4.78 is 41.9. The highest BCUT2D eigenvalue weighted by Gasteiger charge is 2.31. The Hall–Kier alpha value is -4.73. The summed E-state index contributed by atoms with van der Waals surface area (Å²) in [4.78, 5) is 25.2. The first kappa shape index (κ1) is 24.0. The van der Waals surface area contributed by atoms with E-state index in [1.807, 2.05) is 37.3 Å². The molecule has 0 unspecified atom stereocenters. The van der Waals surface area contributed by atoms with Crippen LogP contribution in [0.4, 0.5) is 19.1 Å². The summed E-state index contributed by atoms with van der Waals surface area (Å²) in [5.74, 6) is -0.910. The Morgan fingerprint density at radius 1 is 1.00 bits per heavy atom. The number of pyridine rings is 1. The molecule has 0 amide bonds. The van der Waals surface area contributed by atoms with E-state index in [0.29, 0.717) is 17.3 Å². The third-order valence-electron chi connectivity index (χ3n) is 5.89. The maximum atomic E-state index is 13.5. The Labute approximate surface area is 209 Å². The number of halogens is 3. The first-order valence-corrected chi connectivity index (χ1v) is 11.3. The van der Waals surface area contributed by atoms with E-state index in [1.165, 1.54) is 34.9 Å². The lowest BCUT2D eigenvalue weighted by molar-refractivity contribution is -0.137. The second-order valence-corrected chi connectivity index (χ2v) is 8.35. The van der Waals surface area contributed by atoms with E-state index in [-0.39, 0.29) is 28.5 Å². The zero-order valence-electron chi connectivity index (χ0n) is 19.4. The maximum Gasteiger partial charge on any atom is 0.416 e. The van der Waals surface area contributed by atoms with Gasteiger partial charge in [0.05, 0.1) is 28.7 Å². The Morgan fingerprint density at radius 2 is 1.78 bits per heavy atom. The van der Waals surface area contributed by atoms with Crippen LogP contribution in [0.15, 0.2) is 85.2 Å². The third-order valence-corrected chi connectivity index (χ3v) is 5.89. The molecule has 5 rings (SSSR count). The molecule has 186 valence electrons. The molecule has 0 bridgehead atoms. The van der Waals surface area contributed by atoms with Gasteiger partial charge in [-0.05, 0) is 42.8 Å². The van der Waals surface area contributed by atoms with Gasteiger partial charge in [0.25, 0.3) is 0 Å². The molecule has 2 aromatic carbocycles. The lowest BCUT2D eigenvalue weighted by Gasteiger charge is -2.15. The normalized spacial score (nSPS) is 12.4. The molecule has 7 nitrogen and oxygen atoms in total. The van der Waals surface area contributed by atoms with Crippen LogP contribution in [-0.2, 0) is 6.18 Å². The minimum atomic E-state index is -4.55. The second kappa shape index (κ2) is 9.38. The van der Waals surface area contributed by atoms with E-state index in [9.17, 15) is 23.1 Å². The number of hydrogen-bond donors (Lipinski definition) is 2.